The molecule has 34 heavy (non-hydrogen) atoms. The van der Waals surface area contributed by atoms with Crippen molar-refractivity contribution in [3.8, 4) is 0 Å². The fraction of sp³-hybridized carbons (Fsp3) is 0.417. The summed E-state index contributed by atoms with van der Waals surface area (Å²) < 4.78 is 26.3. The van der Waals surface area contributed by atoms with Crippen molar-refractivity contribution in [2.75, 3.05) is 24.2 Å². The summed E-state index contributed by atoms with van der Waals surface area (Å²) in [5.74, 6) is -0.939. The summed E-state index contributed by atoms with van der Waals surface area (Å²) in [5.41, 5.74) is 1.86. The first-order valence-electron chi connectivity index (χ1n) is 10.7. The molecule has 0 heterocycles. The normalized spacial score (nSPS) is 12.7. The minimum Gasteiger partial charge on any atom is -0.357 e. The second-order valence-electron chi connectivity index (χ2n) is 9.11. The van der Waals surface area contributed by atoms with E-state index in [0.717, 1.165) is 16.1 Å². The minimum absolute atomic E-state index is 0.00395. The maximum absolute atomic E-state index is 13.4. The highest BCUT2D eigenvalue weighted by atomic mass is 35.5. The third-order valence-electron chi connectivity index (χ3n) is 5.47. The van der Waals surface area contributed by atoms with Crippen LogP contribution in [0.2, 0.25) is 10.0 Å². The summed E-state index contributed by atoms with van der Waals surface area (Å²) in [4.78, 5) is 27.1. The van der Waals surface area contributed by atoms with Crippen LogP contribution in [0.1, 0.15) is 38.8 Å². The van der Waals surface area contributed by atoms with Gasteiger partial charge in [0.25, 0.3) is 0 Å². The number of sulfonamides is 1. The molecule has 0 radical (unpaired) electrons. The maximum Gasteiger partial charge on any atom is 0.244 e. The van der Waals surface area contributed by atoms with E-state index >= 15 is 0 Å². The molecule has 1 atom stereocenters. The van der Waals surface area contributed by atoms with Crippen molar-refractivity contribution in [3.05, 3.63) is 63.6 Å². The first-order valence-corrected chi connectivity index (χ1v) is 13.3. The Balaban J connectivity index is 2.41. The SMILES string of the molecule is CNC(=O)C(C)N(Cc1ccc(Cl)cc1Cl)C(=O)CN(c1ccc(C(C)(C)C)cc1)S(C)(=O)=O. The summed E-state index contributed by atoms with van der Waals surface area (Å²) in [6.07, 6.45) is 1.04. The fourth-order valence-corrected chi connectivity index (χ4v) is 4.68. The fourth-order valence-electron chi connectivity index (χ4n) is 3.37. The Morgan fingerprint density at radius 3 is 2.12 bits per heavy atom. The van der Waals surface area contributed by atoms with Gasteiger partial charge >= 0.3 is 0 Å². The summed E-state index contributed by atoms with van der Waals surface area (Å²) >= 11 is 12.3. The van der Waals surface area contributed by atoms with Gasteiger partial charge in [0.15, 0.2) is 0 Å². The van der Waals surface area contributed by atoms with Gasteiger partial charge in [0, 0.05) is 23.6 Å². The Morgan fingerprint density at radius 1 is 1.06 bits per heavy atom. The molecule has 2 aromatic carbocycles. The van der Waals surface area contributed by atoms with Gasteiger partial charge in [-0.3, -0.25) is 13.9 Å². The monoisotopic (exact) mass is 527 g/mol. The average Bonchev–Trinajstić information content (AvgIpc) is 2.74. The zero-order chi connectivity index (χ0) is 25.8. The zero-order valence-corrected chi connectivity index (χ0v) is 22.6. The van der Waals surface area contributed by atoms with Gasteiger partial charge < -0.3 is 10.2 Å². The number of nitrogens with one attached hydrogen (secondary N) is 1. The molecule has 0 aliphatic heterocycles. The summed E-state index contributed by atoms with van der Waals surface area (Å²) in [6, 6.07) is 11.0. The summed E-state index contributed by atoms with van der Waals surface area (Å²) in [7, 11) is -2.32. The van der Waals surface area contributed by atoms with Crippen molar-refractivity contribution in [2.45, 2.75) is 45.7 Å². The summed E-state index contributed by atoms with van der Waals surface area (Å²) in [6.45, 7) is 7.27. The number of rotatable bonds is 8. The number of likely N-dealkylation sites (N-methyl/N-ethyl adjacent to an activating group) is 1. The van der Waals surface area contributed by atoms with E-state index in [1.54, 1.807) is 37.3 Å². The smallest absolute Gasteiger partial charge is 0.244 e. The van der Waals surface area contributed by atoms with Crippen molar-refractivity contribution in [1.29, 1.82) is 0 Å². The predicted octanol–water partition coefficient (Wildman–Crippen LogP) is 4.22. The number of carbonyl (C=O) groups excluding carboxylic acids is 2. The molecule has 0 saturated heterocycles. The molecule has 10 heteroatoms. The lowest BCUT2D eigenvalue weighted by Gasteiger charge is -2.31. The first kappa shape index (κ1) is 28.0. The molecule has 0 aliphatic carbocycles. The Bertz CT molecular complexity index is 1150. The lowest BCUT2D eigenvalue weighted by Crippen LogP contribution is -2.50. The van der Waals surface area contributed by atoms with Crippen LogP contribution < -0.4 is 9.62 Å². The van der Waals surface area contributed by atoms with E-state index < -0.39 is 28.5 Å². The molecule has 2 aromatic rings. The lowest BCUT2D eigenvalue weighted by atomic mass is 9.87. The third-order valence-corrected chi connectivity index (χ3v) is 7.20. The van der Waals surface area contributed by atoms with Crippen molar-refractivity contribution < 1.29 is 18.0 Å². The Kier molecular flexibility index (Phi) is 9.02. The summed E-state index contributed by atoms with van der Waals surface area (Å²) in [5, 5.41) is 3.30. The van der Waals surface area contributed by atoms with E-state index in [1.807, 2.05) is 12.1 Å². The zero-order valence-electron chi connectivity index (χ0n) is 20.2. The lowest BCUT2D eigenvalue weighted by molar-refractivity contribution is -0.139. The Morgan fingerprint density at radius 2 is 1.65 bits per heavy atom. The molecule has 0 fully saturated rings. The van der Waals surface area contributed by atoms with Gasteiger partial charge in [0.05, 0.1) is 11.9 Å². The van der Waals surface area contributed by atoms with Gasteiger partial charge in [-0.25, -0.2) is 8.42 Å². The Labute approximate surface area is 212 Å². The highest BCUT2D eigenvalue weighted by molar-refractivity contribution is 7.92. The number of benzene rings is 2. The van der Waals surface area contributed by atoms with Crippen molar-refractivity contribution >= 4 is 50.7 Å². The van der Waals surface area contributed by atoms with Gasteiger partial charge in [0.1, 0.15) is 12.6 Å². The first-order chi connectivity index (χ1) is 15.6. The van der Waals surface area contributed by atoms with Crippen LogP contribution in [0.4, 0.5) is 5.69 Å². The van der Waals surface area contributed by atoms with Crippen LogP contribution in [0.5, 0.6) is 0 Å². The van der Waals surface area contributed by atoms with Crippen LogP contribution in [0, 0.1) is 0 Å². The second kappa shape index (κ2) is 11.0. The molecule has 7 nitrogen and oxygen atoms in total. The number of hydrogen-bond donors (Lipinski definition) is 1. The molecule has 0 saturated carbocycles. The topological polar surface area (TPSA) is 86.8 Å². The van der Waals surface area contributed by atoms with Gasteiger partial charge in [-0.05, 0) is 47.7 Å². The Hall–Kier alpha value is -2.29. The molecule has 186 valence electrons. The molecule has 1 unspecified atom stereocenters. The average molecular weight is 529 g/mol. The number of carbonyl (C=O) groups is 2. The van der Waals surface area contributed by atoms with Gasteiger partial charge in [-0.2, -0.15) is 0 Å². The minimum atomic E-state index is -3.79. The number of anilines is 1. The standard InChI is InChI=1S/C24H31Cl2N3O4S/c1-16(23(31)27-5)28(14-17-7-10-19(25)13-21(17)26)22(30)15-29(34(6,32)33)20-11-8-18(9-12-20)24(2,3)4/h7-13,16H,14-15H2,1-6H3,(H,27,31). The van der Waals surface area contributed by atoms with Crippen molar-refractivity contribution in [1.82, 2.24) is 10.2 Å². The number of hydrogen-bond acceptors (Lipinski definition) is 4. The van der Waals surface area contributed by atoms with Gasteiger partial charge in [-0.15, -0.1) is 0 Å². The highest BCUT2D eigenvalue weighted by Gasteiger charge is 2.30. The van der Waals surface area contributed by atoms with Crippen LogP contribution in [0.15, 0.2) is 42.5 Å². The third kappa shape index (κ3) is 7.10. The molecule has 0 bridgehead atoms. The molecule has 0 aliphatic rings. The van der Waals surface area contributed by atoms with Crippen LogP contribution in [-0.4, -0.2) is 51.0 Å². The molecule has 2 rings (SSSR count). The van der Waals surface area contributed by atoms with Crippen LogP contribution in [0.3, 0.4) is 0 Å². The molecule has 0 aromatic heterocycles. The molecule has 0 spiro atoms. The van der Waals surface area contributed by atoms with E-state index in [2.05, 4.69) is 26.1 Å². The number of amides is 2. The molecular formula is C24H31Cl2N3O4S. The van der Waals surface area contributed by atoms with E-state index in [1.165, 1.54) is 11.9 Å². The predicted molar refractivity (Wildman–Crippen MR) is 138 cm³/mol. The highest BCUT2D eigenvalue weighted by Crippen LogP contribution is 2.27. The van der Waals surface area contributed by atoms with Crippen LogP contribution >= 0.6 is 23.2 Å². The van der Waals surface area contributed by atoms with Crippen LogP contribution in [0.25, 0.3) is 0 Å². The second-order valence-corrected chi connectivity index (χ2v) is 11.9. The van der Waals surface area contributed by atoms with Crippen molar-refractivity contribution in [2.24, 2.45) is 0 Å². The maximum atomic E-state index is 13.4. The van der Waals surface area contributed by atoms with E-state index in [-0.39, 0.29) is 17.9 Å². The van der Waals surface area contributed by atoms with Gasteiger partial charge in [0.2, 0.25) is 21.8 Å². The number of nitrogens with zero attached hydrogens (tertiary/aromatic N) is 2. The van der Waals surface area contributed by atoms with Crippen molar-refractivity contribution in [3.63, 3.8) is 0 Å². The molecule has 2 amide bonds. The molecular weight excluding hydrogens is 497 g/mol. The van der Waals surface area contributed by atoms with E-state index in [0.29, 0.717) is 21.3 Å². The molecule has 1 N–H and O–H groups in total. The number of halogens is 2. The quantitative estimate of drug-likeness (QED) is 0.556. The van der Waals surface area contributed by atoms with Gasteiger partial charge in [-0.1, -0.05) is 62.2 Å². The largest absolute Gasteiger partial charge is 0.357 e. The van der Waals surface area contributed by atoms with E-state index in [9.17, 15) is 18.0 Å². The van der Waals surface area contributed by atoms with Crippen LogP contribution in [-0.2, 0) is 31.6 Å². The van der Waals surface area contributed by atoms with E-state index in [4.69, 9.17) is 23.2 Å².